The molecule has 4 heterocycles. The first-order valence-corrected chi connectivity index (χ1v) is 24.7. The molecular weight excluding hydrogens is 884 g/mol. The molecule has 16 nitrogen and oxygen atoms in total. The SMILES string of the molecule is CCC1OC(=O)[C@H](C)[C@H](O[C@@H]2CC(C)(OC)C(O)[C@H](C)O2)[C@@H](C)[C@H](O[C@@H]2O[C@H](C)C[C@H](N(C)C)C2OCCCNc2ccnc3cc(Cl)ccc23)C(C)(O)C[C@H](C)CN(C)[C@H](C)[C@@H](O)[C@@]1(C)O. The Balaban J connectivity index is 1.51. The van der Waals surface area contributed by atoms with E-state index in [1.807, 2.05) is 78.0 Å². The van der Waals surface area contributed by atoms with E-state index in [1.54, 1.807) is 40.8 Å². The van der Waals surface area contributed by atoms with Crippen molar-refractivity contribution in [3.05, 3.63) is 35.5 Å². The number of anilines is 1. The van der Waals surface area contributed by atoms with E-state index in [0.29, 0.717) is 37.6 Å². The number of carbonyl (C=O) groups is 1. The molecule has 0 bridgehead atoms. The second kappa shape index (κ2) is 23.3. The molecule has 3 aliphatic heterocycles. The van der Waals surface area contributed by atoms with Gasteiger partial charge in [0.2, 0.25) is 0 Å². The number of fused-ring (bicyclic) bond motifs is 1. The number of hydrogen-bond acceptors (Lipinski definition) is 16. The van der Waals surface area contributed by atoms with Crippen molar-refractivity contribution in [3.8, 4) is 0 Å². The molecule has 3 saturated heterocycles. The highest BCUT2D eigenvalue weighted by molar-refractivity contribution is 6.31. The summed E-state index contributed by atoms with van der Waals surface area (Å²) in [6.45, 7) is 19.4. The number of ether oxygens (including phenoxy) is 7. The lowest BCUT2D eigenvalue weighted by Gasteiger charge is -2.49. The van der Waals surface area contributed by atoms with Crippen molar-refractivity contribution >= 4 is 34.2 Å². The average molecular weight is 968 g/mol. The van der Waals surface area contributed by atoms with E-state index in [2.05, 4.69) is 15.2 Å². The Morgan fingerprint density at radius 3 is 2.34 bits per heavy atom. The van der Waals surface area contributed by atoms with Crippen LogP contribution < -0.4 is 5.32 Å². The van der Waals surface area contributed by atoms with Gasteiger partial charge in [-0.25, -0.2) is 0 Å². The fourth-order valence-corrected chi connectivity index (χ4v) is 10.9. The van der Waals surface area contributed by atoms with Gasteiger partial charge in [-0.15, -0.1) is 0 Å². The maximum atomic E-state index is 14.5. The van der Waals surface area contributed by atoms with Gasteiger partial charge in [0, 0.05) is 73.5 Å². The third kappa shape index (κ3) is 13.2. The van der Waals surface area contributed by atoms with Crippen LogP contribution in [-0.4, -0.2) is 179 Å². The first kappa shape index (κ1) is 55.6. The van der Waals surface area contributed by atoms with E-state index >= 15 is 0 Å². The number of nitrogens with zero attached hydrogens (tertiary/aromatic N) is 3. The van der Waals surface area contributed by atoms with Gasteiger partial charge in [-0.1, -0.05) is 32.4 Å². The number of carbonyl (C=O) groups excluding carboxylic acids is 1. The molecule has 0 saturated carbocycles. The highest BCUT2D eigenvalue weighted by Gasteiger charge is 2.53. The van der Waals surface area contributed by atoms with Crippen LogP contribution in [0.5, 0.6) is 0 Å². The molecule has 17 heteroatoms. The molecule has 0 amide bonds. The second-order valence-electron chi connectivity index (χ2n) is 20.8. The number of halogens is 1. The first-order valence-electron chi connectivity index (χ1n) is 24.3. The molecule has 67 heavy (non-hydrogen) atoms. The van der Waals surface area contributed by atoms with Crippen molar-refractivity contribution in [1.82, 2.24) is 14.8 Å². The highest BCUT2D eigenvalue weighted by Crippen LogP contribution is 2.41. The predicted octanol–water partition coefficient (Wildman–Crippen LogP) is 5.63. The van der Waals surface area contributed by atoms with Gasteiger partial charge in [0.05, 0.1) is 47.1 Å². The molecule has 1 aromatic carbocycles. The largest absolute Gasteiger partial charge is 0.459 e. The topological polar surface area (TPSA) is 194 Å². The number of benzene rings is 1. The molecular formula is C50H83ClN4O12. The van der Waals surface area contributed by atoms with Gasteiger partial charge < -0.3 is 68.7 Å². The molecule has 382 valence electrons. The Labute approximate surface area is 404 Å². The number of rotatable bonds is 13. The molecule has 3 fully saturated rings. The maximum absolute atomic E-state index is 14.5. The van der Waals surface area contributed by atoms with Gasteiger partial charge in [-0.05, 0) is 125 Å². The third-order valence-corrected chi connectivity index (χ3v) is 15.1. The lowest BCUT2D eigenvalue weighted by atomic mass is 9.77. The summed E-state index contributed by atoms with van der Waals surface area (Å²) < 4.78 is 45.8. The fraction of sp³-hybridized carbons (Fsp3) is 0.800. The van der Waals surface area contributed by atoms with Crippen molar-refractivity contribution in [2.45, 2.75) is 192 Å². The molecule has 2 aromatic rings. The maximum Gasteiger partial charge on any atom is 0.311 e. The lowest BCUT2D eigenvalue weighted by molar-refractivity contribution is -0.321. The van der Waals surface area contributed by atoms with Gasteiger partial charge in [-0.3, -0.25) is 9.78 Å². The lowest BCUT2D eigenvalue weighted by Crippen LogP contribution is -2.61. The van der Waals surface area contributed by atoms with E-state index in [4.69, 9.17) is 44.8 Å². The quantitative estimate of drug-likeness (QED) is 0.122. The van der Waals surface area contributed by atoms with Crippen LogP contribution in [0.25, 0.3) is 10.9 Å². The summed E-state index contributed by atoms with van der Waals surface area (Å²) in [5.41, 5.74) is -2.67. The Kier molecular flexibility index (Phi) is 19.3. The molecule has 0 radical (unpaired) electrons. The monoisotopic (exact) mass is 967 g/mol. The number of methoxy groups -OCH3 is 1. The molecule has 5 N–H and O–H groups in total. The van der Waals surface area contributed by atoms with Crippen LogP contribution in [0.4, 0.5) is 5.69 Å². The molecule has 0 spiro atoms. The van der Waals surface area contributed by atoms with E-state index in [0.717, 1.165) is 16.6 Å². The molecule has 1 aromatic heterocycles. The molecule has 5 rings (SSSR count). The average Bonchev–Trinajstić information content (AvgIpc) is 3.26. The number of aliphatic hydroxyl groups is 4. The molecule has 0 aliphatic carbocycles. The Bertz CT molecular complexity index is 1900. The van der Waals surface area contributed by atoms with Crippen LogP contribution in [0.1, 0.15) is 101 Å². The number of aliphatic hydroxyl groups excluding tert-OH is 2. The van der Waals surface area contributed by atoms with Gasteiger partial charge >= 0.3 is 5.97 Å². The minimum Gasteiger partial charge on any atom is -0.459 e. The van der Waals surface area contributed by atoms with Crippen molar-refractivity contribution in [2.24, 2.45) is 17.8 Å². The number of likely N-dealkylation sites (N-methyl/N-ethyl adjacent to an activating group) is 2. The first-order chi connectivity index (χ1) is 31.3. The van der Waals surface area contributed by atoms with Crippen LogP contribution in [0.3, 0.4) is 0 Å². The molecule has 3 aliphatic rings. The summed E-state index contributed by atoms with van der Waals surface area (Å²) in [6.07, 6.45) is -5.10. The summed E-state index contributed by atoms with van der Waals surface area (Å²) in [5.74, 6) is -2.59. The van der Waals surface area contributed by atoms with Gasteiger partial charge in [-0.2, -0.15) is 0 Å². The fourth-order valence-electron chi connectivity index (χ4n) is 10.7. The smallest absolute Gasteiger partial charge is 0.311 e. The molecule has 5 unspecified atom stereocenters. The van der Waals surface area contributed by atoms with Crippen molar-refractivity contribution in [1.29, 1.82) is 0 Å². The number of hydrogen-bond donors (Lipinski definition) is 5. The summed E-state index contributed by atoms with van der Waals surface area (Å²) in [5, 5.41) is 52.8. The minimum absolute atomic E-state index is 0.117. The standard InChI is InChI=1S/C50H83ClN4O12/c1-15-39-50(10,60)43(56)32(6)55(13)27-28(2)25-48(8,59)45(30(4)41(31(5)46(58)65-39)66-40-26-49(9,61-14)44(57)33(7)64-40)67-47-42(38(54(11)12)23-29(3)63-47)62-22-16-20-52-36-19-21-53-37-24-34(51)17-18-35(36)37/h17-19,21,24,28-33,38-45,47,56-57,59-60H,15-16,20,22-23,25-27H2,1-14H3,(H,52,53)/t28-,29+,30+,31+,32+,33-,38-,39?,40+,41+,42?,43+,44?,45-,47-,48?,49?,50-/m0/s1. The van der Waals surface area contributed by atoms with E-state index in [-0.39, 0.29) is 37.3 Å². The van der Waals surface area contributed by atoms with E-state index in [1.165, 1.54) is 14.0 Å². The van der Waals surface area contributed by atoms with Gasteiger partial charge in [0.1, 0.15) is 30.0 Å². The highest BCUT2D eigenvalue weighted by atomic mass is 35.5. The van der Waals surface area contributed by atoms with Crippen molar-refractivity contribution < 1.29 is 58.4 Å². The van der Waals surface area contributed by atoms with Crippen LogP contribution >= 0.6 is 11.6 Å². The number of nitrogens with one attached hydrogen (secondary N) is 1. The second-order valence-corrected chi connectivity index (χ2v) is 21.2. The zero-order valence-corrected chi connectivity index (χ0v) is 43.2. The van der Waals surface area contributed by atoms with E-state index < -0.39 is 96.0 Å². The Morgan fingerprint density at radius 2 is 1.69 bits per heavy atom. The van der Waals surface area contributed by atoms with Crippen molar-refractivity contribution in [3.63, 3.8) is 0 Å². The summed E-state index contributed by atoms with van der Waals surface area (Å²) in [7, 11) is 7.40. The number of cyclic esters (lactones) is 1. The summed E-state index contributed by atoms with van der Waals surface area (Å²) in [4.78, 5) is 23.1. The predicted molar refractivity (Wildman–Crippen MR) is 258 cm³/mol. The van der Waals surface area contributed by atoms with Crippen LogP contribution in [0, 0.1) is 17.8 Å². The third-order valence-electron chi connectivity index (χ3n) is 14.8. The van der Waals surface area contributed by atoms with Crippen LogP contribution in [0.15, 0.2) is 30.5 Å². The zero-order valence-electron chi connectivity index (χ0n) is 42.5. The Morgan fingerprint density at radius 1 is 0.985 bits per heavy atom. The van der Waals surface area contributed by atoms with Crippen molar-refractivity contribution in [2.75, 3.05) is 53.3 Å². The van der Waals surface area contributed by atoms with Gasteiger partial charge in [0.25, 0.3) is 0 Å². The zero-order chi connectivity index (χ0) is 49.8. The Hall–Kier alpha value is -2.29. The van der Waals surface area contributed by atoms with Gasteiger partial charge in [0.15, 0.2) is 12.6 Å². The summed E-state index contributed by atoms with van der Waals surface area (Å²) in [6, 6.07) is 6.91. The van der Waals surface area contributed by atoms with E-state index in [9.17, 15) is 25.2 Å². The van der Waals surface area contributed by atoms with Crippen LogP contribution in [-0.2, 0) is 38.0 Å². The molecule has 18 atom stereocenters. The van der Waals surface area contributed by atoms with Crippen LogP contribution in [0.2, 0.25) is 5.02 Å². The minimum atomic E-state index is -1.82. The number of esters is 1. The number of pyridine rings is 1. The number of aromatic nitrogens is 1. The normalized spacial score (nSPS) is 41.1. The summed E-state index contributed by atoms with van der Waals surface area (Å²) >= 11 is 6.24.